The molecule has 0 spiro atoms. The van der Waals surface area contributed by atoms with Crippen molar-refractivity contribution in [1.29, 1.82) is 5.26 Å². The smallest absolute Gasteiger partial charge is 0.150 e. The zero-order valence-electron chi connectivity index (χ0n) is 15.6. The van der Waals surface area contributed by atoms with Gasteiger partial charge in [-0.05, 0) is 36.2 Å². The van der Waals surface area contributed by atoms with Crippen LogP contribution in [-0.4, -0.2) is 15.0 Å². The van der Waals surface area contributed by atoms with E-state index in [1.165, 1.54) is 18.5 Å². The minimum Gasteiger partial charge on any atom is -0.382 e. The van der Waals surface area contributed by atoms with Gasteiger partial charge in [0.25, 0.3) is 0 Å². The van der Waals surface area contributed by atoms with Gasteiger partial charge in [0, 0.05) is 17.1 Å². The van der Waals surface area contributed by atoms with Crippen molar-refractivity contribution in [2.24, 2.45) is 0 Å². The maximum atomic E-state index is 13.5. The number of nitriles is 1. The van der Waals surface area contributed by atoms with Gasteiger partial charge in [-0.25, -0.2) is 14.4 Å². The molecule has 0 aliphatic heterocycles. The zero-order valence-corrected chi connectivity index (χ0v) is 15.6. The van der Waals surface area contributed by atoms with E-state index < -0.39 is 0 Å². The van der Waals surface area contributed by atoms with Crippen LogP contribution in [0.2, 0.25) is 0 Å². The van der Waals surface area contributed by atoms with Crippen LogP contribution in [0.4, 0.5) is 16.0 Å². The van der Waals surface area contributed by atoms with Crippen LogP contribution in [0.3, 0.4) is 0 Å². The molecular weight excluding hydrogens is 367 g/mol. The van der Waals surface area contributed by atoms with Crippen molar-refractivity contribution >= 4 is 22.5 Å². The molecule has 7 heteroatoms. The number of anilines is 2. The lowest BCUT2D eigenvalue weighted by Gasteiger charge is -2.20. The summed E-state index contributed by atoms with van der Waals surface area (Å²) in [5.74, 6) is 0.174. The molecule has 0 fully saturated rings. The molecule has 2 aromatic carbocycles. The summed E-state index contributed by atoms with van der Waals surface area (Å²) in [6.45, 7) is 1.94. The van der Waals surface area contributed by atoms with E-state index in [9.17, 15) is 9.65 Å². The average molecular weight is 384 g/mol. The van der Waals surface area contributed by atoms with Gasteiger partial charge in [-0.15, -0.1) is 0 Å². The molecule has 0 bridgehead atoms. The summed E-state index contributed by atoms with van der Waals surface area (Å²) in [6, 6.07) is 15.9. The number of hydrogen-bond acceptors (Lipinski definition) is 6. The van der Waals surface area contributed by atoms with E-state index in [1.807, 2.05) is 37.3 Å². The second-order valence-corrected chi connectivity index (χ2v) is 6.57. The number of nitrogens with one attached hydrogen (secondary N) is 1. The molecular formula is C22H17FN6. The van der Waals surface area contributed by atoms with Crippen LogP contribution in [0.15, 0.2) is 61.1 Å². The Kier molecular flexibility index (Phi) is 4.75. The average Bonchev–Trinajstić information content (AvgIpc) is 2.74. The predicted octanol–water partition coefficient (Wildman–Crippen LogP) is 4.46. The number of aromatic nitrogens is 3. The normalized spacial score (nSPS) is 11.8. The number of nitrogens with two attached hydrogens (primary N) is 1. The molecule has 0 amide bonds. The zero-order chi connectivity index (χ0) is 20.4. The van der Waals surface area contributed by atoms with Gasteiger partial charge in [0.1, 0.15) is 35.4 Å². The van der Waals surface area contributed by atoms with Gasteiger partial charge in [0.2, 0.25) is 0 Å². The summed E-state index contributed by atoms with van der Waals surface area (Å²) in [4.78, 5) is 12.6. The molecule has 4 aromatic rings. The SMILES string of the molecule is C[C@@H](Nc1ncnc(N)c1C#N)c1cnc2ccccc2c1-c1ccc(F)cc1. The first-order valence-electron chi connectivity index (χ1n) is 8.99. The van der Waals surface area contributed by atoms with Crippen molar-refractivity contribution in [2.75, 3.05) is 11.1 Å². The van der Waals surface area contributed by atoms with Crippen LogP contribution in [0.5, 0.6) is 0 Å². The standard InChI is InChI=1S/C22H17FN6/c1-13(29-22-17(10-24)21(25)27-12-28-22)18-11-26-19-5-3-2-4-16(19)20(18)14-6-8-15(23)9-7-14/h2-9,11-13H,1H3,(H3,25,27,28,29)/t13-/m1/s1. The third kappa shape index (κ3) is 3.44. The summed E-state index contributed by atoms with van der Waals surface area (Å²) in [7, 11) is 0. The van der Waals surface area contributed by atoms with Gasteiger partial charge in [0.15, 0.2) is 0 Å². The van der Waals surface area contributed by atoms with Crippen LogP contribution in [0.25, 0.3) is 22.0 Å². The molecule has 0 aliphatic rings. The quantitative estimate of drug-likeness (QED) is 0.539. The molecule has 0 aliphatic carbocycles. The molecule has 4 rings (SSSR count). The van der Waals surface area contributed by atoms with Gasteiger partial charge in [-0.2, -0.15) is 5.26 Å². The second kappa shape index (κ2) is 7.52. The summed E-state index contributed by atoms with van der Waals surface area (Å²) in [5.41, 5.74) is 9.52. The molecule has 0 unspecified atom stereocenters. The first-order valence-corrected chi connectivity index (χ1v) is 8.99. The van der Waals surface area contributed by atoms with Crippen molar-refractivity contribution in [1.82, 2.24) is 15.0 Å². The van der Waals surface area contributed by atoms with E-state index in [1.54, 1.807) is 18.3 Å². The highest BCUT2D eigenvalue weighted by Gasteiger charge is 2.18. The van der Waals surface area contributed by atoms with E-state index in [4.69, 9.17) is 5.73 Å². The second-order valence-electron chi connectivity index (χ2n) is 6.57. The van der Waals surface area contributed by atoms with Crippen LogP contribution < -0.4 is 11.1 Å². The fourth-order valence-electron chi connectivity index (χ4n) is 3.33. The topological polar surface area (TPSA) is 101 Å². The van der Waals surface area contributed by atoms with E-state index >= 15 is 0 Å². The first kappa shape index (κ1) is 18.3. The lowest BCUT2D eigenvalue weighted by atomic mass is 9.93. The number of nitrogen functional groups attached to an aromatic ring is 1. The van der Waals surface area contributed by atoms with Gasteiger partial charge in [0.05, 0.1) is 11.6 Å². The molecule has 0 radical (unpaired) electrons. The Morgan fingerprint density at radius 1 is 1.07 bits per heavy atom. The third-order valence-corrected chi connectivity index (χ3v) is 4.75. The molecule has 3 N–H and O–H groups in total. The van der Waals surface area contributed by atoms with Crippen LogP contribution >= 0.6 is 0 Å². The van der Waals surface area contributed by atoms with E-state index in [2.05, 4.69) is 20.3 Å². The summed E-state index contributed by atoms with van der Waals surface area (Å²) < 4.78 is 13.5. The Hall–Kier alpha value is -4.05. The van der Waals surface area contributed by atoms with Crippen molar-refractivity contribution < 1.29 is 4.39 Å². The lowest BCUT2D eigenvalue weighted by molar-refractivity contribution is 0.628. The van der Waals surface area contributed by atoms with Gasteiger partial charge in [-0.3, -0.25) is 4.98 Å². The summed E-state index contributed by atoms with van der Waals surface area (Å²) in [5, 5.41) is 13.6. The number of benzene rings is 2. The predicted molar refractivity (Wildman–Crippen MR) is 110 cm³/mol. The largest absolute Gasteiger partial charge is 0.382 e. The fourth-order valence-corrected chi connectivity index (χ4v) is 3.33. The number of fused-ring (bicyclic) bond motifs is 1. The highest BCUT2D eigenvalue weighted by atomic mass is 19.1. The molecule has 6 nitrogen and oxygen atoms in total. The summed E-state index contributed by atoms with van der Waals surface area (Å²) in [6.07, 6.45) is 3.10. The highest BCUT2D eigenvalue weighted by molar-refractivity contribution is 5.96. The molecule has 1 atom stereocenters. The van der Waals surface area contributed by atoms with Gasteiger partial charge in [-0.1, -0.05) is 30.3 Å². The van der Waals surface area contributed by atoms with Crippen molar-refractivity contribution in [3.8, 4) is 17.2 Å². The van der Waals surface area contributed by atoms with Crippen LogP contribution in [0.1, 0.15) is 24.1 Å². The van der Waals surface area contributed by atoms with Gasteiger partial charge >= 0.3 is 0 Å². The Morgan fingerprint density at radius 3 is 2.59 bits per heavy atom. The molecule has 142 valence electrons. The number of nitrogens with zero attached hydrogens (tertiary/aromatic N) is 4. The number of halogens is 1. The van der Waals surface area contributed by atoms with Gasteiger partial charge < -0.3 is 11.1 Å². The lowest BCUT2D eigenvalue weighted by Crippen LogP contribution is -2.12. The van der Waals surface area contributed by atoms with Crippen molar-refractivity contribution in [2.45, 2.75) is 13.0 Å². The number of rotatable bonds is 4. The molecule has 2 heterocycles. The Bertz CT molecular complexity index is 1230. The monoisotopic (exact) mass is 384 g/mol. The maximum Gasteiger partial charge on any atom is 0.150 e. The number of pyridine rings is 1. The van der Waals surface area contributed by atoms with Crippen LogP contribution in [0, 0.1) is 17.1 Å². The number of para-hydroxylation sites is 1. The minimum absolute atomic E-state index is 0.118. The van der Waals surface area contributed by atoms with Crippen molar-refractivity contribution in [3.63, 3.8) is 0 Å². The van der Waals surface area contributed by atoms with Crippen LogP contribution in [-0.2, 0) is 0 Å². The van der Waals surface area contributed by atoms with E-state index in [-0.39, 0.29) is 23.2 Å². The minimum atomic E-state index is -0.296. The molecule has 2 aromatic heterocycles. The third-order valence-electron chi connectivity index (χ3n) is 4.75. The summed E-state index contributed by atoms with van der Waals surface area (Å²) >= 11 is 0. The van der Waals surface area contributed by atoms with E-state index in [0.29, 0.717) is 5.82 Å². The maximum absolute atomic E-state index is 13.5. The molecule has 0 saturated heterocycles. The Balaban J connectivity index is 1.86. The molecule has 29 heavy (non-hydrogen) atoms. The number of hydrogen-bond donors (Lipinski definition) is 2. The Morgan fingerprint density at radius 2 is 1.83 bits per heavy atom. The first-order chi connectivity index (χ1) is 14.1. The molecule has 0 saturated carbocycles. The fraction of sp³-hybridized carbons (Fsp3) is 0.0909. The van der Waals surface area contributed by atoms with Crippen molar-refractivity contribution in [3.05, 3.63) is 78.0 Å². The highest BCUT2D eigenvalue weighted by Crippen LogP contribution is 2.35. The van der Waals surface area contributed by atoms with E-state index in [0.717, 1.165) is 27.6 Å². The Labute approximate surface area is 166 Å².